The molecule has 1 heterocycles. The Morgan fingerprint density at radius 1 is 1.40 bits per heavy atom. The van der Waals surface area contributed by atoms with Crippen LogP contribution in [0.2, 0.25) is 0 Å². The van der Waals surface area contributed by atoms with E-state index >= 15 is 0 Å². The van der Waals surface area contributed by atoms with Crippen LogP contribution < -0.4 is 4.74 Å². The van der Waals surface area contributed by atoms with Gasteiger partial charge in [-0.2, -0.15) is 0 Å². The second-order valence-corrected chi connectivity index (χ2v) is 1.70. The molecule has 0 spiro atoms. The lowest BCUT2D eigenvalue weighted by Gasteiger charge is -1.95. The number of methoxy groups -OCH3 is 1. The van der Waals surface area contributed by atoms with Crippen LogP contribution in [0.3, 0.4) is 0 Å². The van der Waals surface area contributed by atoms with E-state index < -0.39 is 0 Å². The van der Waals surface area contributed by atoms with E-state index in [1.54, 1.807) is 13.2 Å². The van der Waals surface area contributed by atoms with E-state index in [4.69, 9.17) is 4.74 Å². The fourth-order valence-corrected chi connectivity index (χ4v) is 0.542. The zero-order valence-electron chi connectivity index (χ0n) is 5.46. The molecule has 1 rings (SSSR count). The van der Waals surface area contributed by atoms with Gasteiger partial charge in [0.1, 0.15) is 6.33 Å². The van der Waals surface area contributed by atoms with Gasteiger partial charge in [0, 0.05) is 11.8 Å². The first-order valence-electron chi connectivity index (χ1n) is 2.65. The molecule has 0 unspecified atom stereocenters. The molecule has 0 aliphatic rings. The van der Waals surface area contributed by atoms with Crippen LogP contribution >= 0.6 is 0 Å². The normalized spacial score (nSPS) is 8.20. The lowest BCUT2D eigenvalue weighted by Crippen LogP contribution is -1.88. The summed E-state index contributed by atoms with van der Waals surface area (Å²) in [5, 5.41) is 0. The summed E-state index contributed by atoms with van der Waals surface area (Å²) in [6.45, 7) is 1.89. The van der Waals surface area contributed by atoms with Crippen molar-refractivity contribution in [1.29, 1.82) is 0 Å². The monoisotopic (exact) mass is 140 g/mol. The Hall–Kier alpha value is -1.12. The summed E-state index contributed by atoms with van der Waals surface area (Å²) in [6, 6.07) is 1.78. The minimum atomic E-state index is 0. The zero-order chi connectivity index (χ0) is 6.69. The Morgan fingerprint density at radius 2 is 2.10 bits per heavy atom. The third kappa shape index (κ3) is 2.01. The molecular weight excluding hydrogens is 128 g/mol. The molecule has 3 nitrogen and oxygen atoms in total. The second-order valence-electron chi connectivity index (χ2n) is 1.70. The van der Waals surface area contributed by atoms with Gasteiger partial charge in [-0.15, -0.1) is 0 Å². The average Bonchev–Trinajstić information content (AvgIpc) is 1.88. The maximum Gasteiger partial charge on any atom is 0.216 e. The first-order chi connectivity index (χ1) is 4.33. The predicted octanol–water partition coefficient (Wildman–Crippen LogP) is 1.43. The largest absolute Gasteiger partial charge is 0.481 e. The average molecular weight is 140 g/mol. The Kier molecular flexibility index (Phi) is 3.39. The number of hydrogen-bond donors (Lipinski definition) is 0. The molecule has 3 heteroatoms. The molecule has 10 heavy (non-hydrogen) atoms. The molecule has 1 aromatic rings. The van der Waals surface area contributed by atoms with Crippen molar-refractivity contribution in [3.05, 3.63) is 18.1 Å². The molecule has 0 atom stereocenters. The number of ether oxygens (including phenoxy) is 1. The predicted molar refractivity (Wildman–Crippen MR) is 40.1 cm³/mol. The molecule has 0 radical (unpaired) electrons. The van der Waals surface area contributed by atoms with E-state index in [1.807, 2.05) is 6.92 Å². The molecule has 0 N–H and O–H groups in total. The van der Waals surface area contributed by atoms with Crippen LogP contribution in [-0.2, 0) is 0 Å². The van der Waals surface area contributed by atoms with E-state index in [1.165, 1.54) is 6.33 Å². The van der Waals surface area contributed by atoms with Crippen molar-refractivity contribution in [2.45, 2.75) is 14.4 Å². The van der Waals surface area contributed by atoms with E-state index in [9.17, 15) is 0 Å². The summed E-state index contributed by atoms with van der Waals surface area (Å²) >= 11 is 0. The molecule has 1 aromatic heterocycles. The van der Waals surface area contributed by atoms with Crippen molar-refractivity contribution in [3.63, 3.8) is 0 Å². The Bertz CT molecular complexity index is 201. The topological polar surface area (TPSA) is 35.0 Å². The highest BCUT2D eigenvalue weighted by Gasteiger charge is 1.89. The Morgan fingerprint density at radius 3 is 2.50 bits per heavy atom. The van der Waals surface area contributed by atoms with Crippen LogP contribution in [0, 0.1) is 6.92 Å². The van der Waals surface area contributed by atoms with Gasteiger partial charge in [0.2, 0.25) is 5.88 Å². The summed E-state index contributed by atoms with van der Waals surface area (Å²) in [4.78, 5) is 7.72. The van der Waals surface area contributed by atoms with Gasteiger partial charge >= 0.3 is 0 Å². The van der Waals surface area contributed by atoms with E-state index in [2.05, 4.69) is 9.97 Å². The van der Waals surface area contributed by atoms with Gasteiger partial charge in [-0.25, -0.2) is 9.97 Å². The van der Waals surface area contributed by atoms with Crippen molar-refractivity contribution < 1.29 is 4.74 Å². The van der Waals surface area contributed by atoms with Crippen LogP contribution in [0.15, 0.2) is 12.4 Å². The van der Waals surface area contributed by atoms with Gasteiger partial charge < -0.3 is 4.74 Å². The van der Waals surface area contributed by atoms with Crippen molar-refractivity contribution in [2.75, 3.05) is 7.11 Å². The Balaban J connectivity index is 0.000000810. The molecule has 0 aromatic carbocycles. The second kappa shape index (κ2) is 3.82. The molecular formula is C7H12N2O. The maximum absolute atomic E-state index is 4.84. The van der Waals surface area contributed by atoms with Gasteiger partial charge in [0.15, 0.2) is 0 Å². The van der Waals surface area contributed by atoms with Crippen LogP contribution in [0.25, 0.3) is 0 Å². The number of aromatic nitrogens is 2. The van der Waals surface area contributed by atoms with Gasteiger partial charge in [-0.1, -0.05) is 7.43 Å². The number of aryl methyl sites for hydroxylation is 1. The highest BCUT2D eigenvalue weighted by atomic mass is 16.5. The molecule has 0 aliphatic heterocycles. The SMILES string of the molecule is C.COc1cc(C)ncn1. The summed E-state index contributed by atoms with van der Waals surface area (Å²) in [5.41, 5.74) is 0.918. The van der Waals surface area contributed by atoms with Crippen LogP contribution in [0.4, 0.5) is 0 Å². The van der Waals surface area contributed by atoms with Crippen molar-refractivity contribution in [3.8, 4) is 5.88 Å². The van der Waals surface area contributed by atoms with Crippen LogP contribution in [-0.4, -0.2) is 17.1 Å². The summed E-state index contributed by atoms with van der Waals surface area (Å²) in [7, 11) is 1.59. The summed E-state index contributed by atoms with van der Waals surface area (Å²) in [5.74, 6) is 0.613. The number of hydrogen-bond acceptors (Lipinski definition) is 3. The molecule has 0 fully saturated rings. The third-order valence-corrected chi connectivity index (χ3v) is 0.988. The van der Waals surface area contributed by atoms with E-state index in [0.29, 0.717) is 5.88 Å². The number of rotatable bonds is 1. The fraction of sp³-hybridized carbons (Fsp3) is 0.429. The Labute approximate surface area is 61.1 Å². The van der Waals surface area contributed by atoms with Crippen LogP contribution in [0.5, 0.6) is 5.88 Å². The van der Waals surface area contributed by atoms with Crippen molar-refractivity contribution in [2.24, 2.45) is 0 Å². The summed E-state index contributed by atoms with van der Waals surface area (Å²) < 4.78 is 4.84. The van der Waals surface area contributed by atoms with E-state index in [0.717, 1.165) is 5.69 Å². The van der Waals surface area contributed by atoms with Gasteiger partial charge in [-0.05, 0) is 6.92 Å². The standard InChI is InChI=1S/C6H8N2O.CH4/c1-5-3-6(9-2)8-4-7-5;/h3-4H,1-2H3;1H4. The molecule has 56 valence electrons. The van der Waals surface area contributed by atoms with E-state index in [-0.39, 0.29) is 7.43 Å². The smallest absolute Gasteiger partial charge is 0.216 e. The lowest BCUT2D eigenvalue weighted by molar-refractivity contribution is 0.396. The summed E-state index contributed by atoms with van der Waals surface area (Å²) in [6.07, 6.45) is 1.48. The molecule has 0 saturated carbocycles. The van der Waals surface area contributed by atoms with Crippen molar-refractivity contribution in [1.82, 2.24) is 9.97 Å². The first-order valence-corrected chi connectivity index (χ1v) is 2.65. The molecule has 0 saturated heterocycles. The number of nitrogens with zero attached hydrogens (tertiary/aromatic N) is 2. The highest BCUT2D eigenvalue weighted by molar-refractivity contribution is 5.11. The minimum Gasteiger partial charge on any atom is -0.481 e. The highest BCUT2D eigenvalue weighted by Crippen LogP contribution is 2.02. The fourth-order valence-electron chi connectivity index (χ4n) is 0.542. The first kappa shape index (κ1) is 8.88. The quantitative estimate of drug-likeness (QED) is 0.592. The molecule has 0 amide bonds. The minimum absolute atomic E-state index is 0. The third-order valence-electron chi connectivity index (χ3n) is 0.988. The van der Waals surface area contributed by atoms with Gasteiger partial charge in [0.25, 0.3) is 0 Å². The molecule has 0 aliphatic carbocycles. The maximum atomic E-state index is 4.84. The van der Waals surface area contributed by atoms with Crippen molar-refractivity contribution >= 4 is 0 Å². The van der Waals surface area contributed by atoms with Gasteiger partial charge in [-0.3, -0.25) is 0 Å². The lowest BCUT2D eigenvalue weighted by atomic mass is 10.4. The van der Waals surface area contributed by atoms with Gasteiger partial charge in [0.05, 0.1) is 7.11 Å². The van der Waals surface area contributed by atoms with Crippen LogP contribution in [0.1, 0.15) is 13.1 Å². The molecule has 0 bridgehead atoms. The zero-order valence-corrected chi connectivity index (χ0v) is 5.46.